The summed E-state index contributed by atoms with van der Waals surface area (Å²) in [6.07, 6.45) is 0. The number of benzene rings is 1. The largest absolute Gasteiger partial charge is 0.395 e. The van der Waals surface area contributed by atoms with E-state index in [4.69, 9.17) is 16.7 Å². The van der Waals surface area contributed by atoms with Crippen LogP contribution in [0.2, 0.25) is 5.02 Å². The molecule has 0 bridgehead atoms. The van der Waals surface area contributed by atoms with Crippen molar-refractivity contribution in [1.29, 1.82) is 0 Å². The number of β-amino-alcohol motifs (C(OH)–C–C–N with tert-alkyl or cyclic N) is 1. The molecule has 1 aliphatic heterocycles. The molecule has 0 saturated carbocycles. The van der Waals surface area contributed by atoms with Gasteiger partial charge in [-0.3, -0.25) is 4.79 Å². The molecule has 0 fully saturated rings. The van der Waals surface area contributed by atoms with Crippen molar-refractivity contribution < 1.29 is 9.90 Å². The number of amides is 1. The normalized spacial score (nSPS) is 14.7. The third-order valence-electron chi connectivity index (χ3n) is 2.32. The number of aliphatic hydroxyl groups is 1. The van der Waals surface area contributed by atoms with Gasteiger partial charge in [0.05, 0.1) is 6.61 Å². The Bertz CT molecular complexity index is 378. The summed E-state index contributed by atoms with van der Waals surface area (Å²) in [6, 6.07) is 5.31. The fourth-order valence-electron chi connectivity index (χ4n) is 1.63. The Morgan fingerprint density at radius 1 is 1.50 bits per heavy atom. The van der Waals surface area contributed by atoms with E-state index in [-0.39, 0.29) is 12.5 Å². The lowest BCUT2D eigenvalue weighted by Gasteiger charge is -2.12. The van der Waals surface area contributed by atoms with Gasteiger partial charge in [-0.15, -0.1) is 0 Å². The van der Waals surface area contributed by atoms with Crippen molar-refractivity contribution in [2.75, 3.05) is 13.2 Å². The maximum Gasteiger partial charge on any atom is 0.254 e. The number of carbonyl (C=O) groups excluding carboxylic acids is 1. The minimum atomic E-state index is -0.0449. The average molecular weight is 212 g/mol. The van der Waals surface area contributed by atoms with Gasteiger partial charge in [0.25, 0.3) is 5.91 Å². The molecular formula is C10H10ClNO2. The lowest BCUT2D eigenvalue weighted by Crippen LogP contribution is -2.26. The predicted octanol–water partition coefficient (Wildman–Crippen LogP) is 1.29. The molecule has 0 atom stereocenters. The summed E-state index contributed by atoms with van der Waals surface area (Å²) in [5.74, 6) is -0.0449. The van der Waals surface area contributed by atoms with Crippen molar-refractivity contribution in [2.24, 2.45) is 0 Å². The molecule has 1 heterocycles. The molecule has 0 radical (unpaired) electrons. The Hall–Kier alpha value is -1.06. The van der Waals surface area contributed by atoms with Gasteiger partial charge in [0.2, 0.25) is 0 Å². The van der Waals surface area contributed by atoms with Crippen molar-refractivity contribution in [1.82, 2.24) is 4.90 Å². The molecule has 1 aliphatic rings. The van der Waals surface area contributed by atoms with E-state index in [0.717, 1.165) is 5.56 Å². The summed E-state index contributed by atoms with van der Waals surface area (Å²) in [5, 5.41) is 9.33. The van der Waals surface area contributed by atoms with E-state index in [1.165, 1.54) is 0 Å². The third kappa shape index (κ3) is 1.49. The SMILES string of the molecule is O=C1c2cc(Cl)ccc2CN1CCO. The highest BCUT2D eigenvalue weighted by atomic mass is 35.5. The molecule has 1 N–H and O–H groups in total. The third-order valence-corrected chi connectivity index (χ3v) is 2.56. The molecule has 0 aromatic heterocycles. The molecule has 0 unspecified atom stereocenters. The fraction of sp³-hybridized carbons (Fsp3) is 0.300. The zero-order valence-corrected chi connectivity index (χ0v) is 8.29. The Morgan fingerprint density at radius 3 is 3.00 bits per heavy atom. The second-order valence-electron chi connectivity index (χ2n) is 3.25. The van der Waals surface area contributed by atoms with E-state index >= 15 is 0 Å². The van der Waals surface area contributed by atoms with E-state index in [9.17, 15) is 4.79 Å². The molecule has 4 heteroatoms. The minimum Gasteiger partial charge on any atom is -0.395 e. The van der Waals surface area contributed by atoms with E-state index in [1.54, 1.807) is 17.0 Å². The summed E-state index contributed by atoms with van der Waals surface area (Å²) < 4.78 is 0. The van der Waals surface area contributed by atoms with Crippen LogP contribution in [0.15, 0.2) is 18.2 Å². The highest BCUT2D eigenvalue weighted by Gasteiger charge is 2.26. The summed E-state index contributed by atoms with van der Waals surface area (Å²) in [5.41, 5.74) is 1.64. The van der Waals surface area contributed by atoms with Gasteiger partial charge in [0.1, 0.15) is 0 Å². The van der Waals surface area contributed by atoms with Crippen LogP contribution < -0.4 is 0 Å². The van der Waals surface area contributed by atoms with Crippen LogP contribution in [-0.2, 0) is 6.54 Å². The molecular weight excluding hydrogens is 202 g/mol. The summed E-state index contributed by atoms with van der Waals surface area (Å²) in [6.45, 7) is 0.949. The molecule has 3 nitrogen and oxygen atoms in total. The molecule has 74 valence electrons. The lowest BCUT2D eigenvalue weighted by molar-refractivity contribution is 0.0745. The second kappa shape index (κ2) is 3.59. The van der Waals surface area contributed by atoms with Crippen LogP contribution in [-0.4, -0.2) is 29.1 Å². The maximum absolute atomic E-state index is 11.7. The zero-order valence-electron chi connectivity index (χ0n) is 7.53. The van der Waals surface area contributed by atoms with Crippen LogP contribution in [0.5, 0.6) is 0 Å². The van der Waals surface area contributed by atoms with Crippen LogP contribution in [0, 0.1) is 0 Å². The number of halogens is 1. The first kappa shape index (κ1) is 9.49. The van der Waals surface area contributed by atoms with Gasteiger partial charge in [0, 0.05) is 23.7 Å². The van der Waals surface area contributed by atoms with Gasteiger partial charge in [-0.05, 0) is 17.7 Å². The van der Waals surface area contributed by atoms with Gasteiger partial charge in [-0.2, -0.15) is 0 Å². The van der Waals surface area contributed by atoms with Gasteiger partial charge in [-0.1, -0.05) is 17.7 Å². The van der Waals surface area contributed by atoms with Gasteiger partial charge < -0.3 is 10.0 Å². The Kier molecular flexibility index (Phi) is 2.44. The molecule has 1 aromatic rings. The Balaban J connectivity index is 2.31. The van der Waals surface area contributed by atoms with E-state index in [0.29, 0.717) is 23.7 Å². The Labute approximate surface area is 86.9 Å². The van der Waals surface area contributed by atoms with Crippen LogP contribution in [0.4, 0.5) is 0 Å². The maximum atomic E-state index is 11.7. The van der Waals surface area contributed by atoms with E-state index in [1.807, 2.05) is 6.07 Å². The van der Waals surface area contributed by atoms with Crippen LogP contribution >= 0.6 is 11.6 Å². The van der Waals surface area contributed by atoms with Crippen molar-refractivity contribution in [3.8, 4) is 0 Å². The van der Waals surface area contributed by atoms with Gasteiger partial charge in [-0.25, -0.2) is 0 Å². The molecule has 1 amide bonds. The quantitative estimate of drug-likeness (QED) is 0.801. The molecule has 14 heavy (non-hydrogen) atoms. The number of hydrogen-bond donors (Lipinski definition) is 1. The van der Waals surface area contributed by atoms with E-state index in [2.05, 4.69) is 0 Å². The monoisotopic (exact) mass is 211 g/mol. The number of aliphatic hydroxyl groups excluding tert-OH is 1. The first-order valence-corrected chi connectivity index (χ1v) is 4.78. The van der Waals surface area contributed by atoms with Crippen molar-refractivity contribution in [3.05, 3.63) is 34.3 Å². The molecule has 1 aromatic carbocycles. The number of fused-ring (bicyclic) bond motifs is 1. The van der Waals surface area contributed by atoms with Crippen molar-refractivity contribution >= 4 is 17.5 Å². The average Bonchev–Trinajstić information content (AvgIpc) is 2.46. The number of rotatable bonds is 2. The van der Waals surface area contributed by atoms with Crippen LogP contribution in [0.3, 0.4) is 0 Å². The minimum absolute atomic E-state index is 0.00649. The first-order chi connectivity index (χ1) is 6.72. The Morgan fingerprint density at radius 2 is 2.29 bits per heavy atom. The molecule has 2 rings (SSSR count). The van der Waals surface area contributed by atoms with Crippen molar-refractivity contribution in [3.63, 3.8) is 0 Å². The van der Waals surface area contributed by atoms with Crippen molar-refractivity contribution in [2.45, 2.75) is 6.54 Å². The smallest absolute Gasteiger partial charge is 0.254 e. The topological polar surface area (TPSA) is 40.5 Å². The number of carbonyl (C=O) groups is 1. The zero-order chi connectivity index (χ0) is 10.1. The number of hydrogen-bond acceptors (Lipinski definition) is 2. The highest BCUT2D eigenvalue weighted by Crippen LogP contribution is 2.25. The summed E-state index contributed by atoms with van der Waals surface area (Å²) in [7, 11) is 0. The number of nitrogens with zero attached hydrogens (tertiary/aromatic N) is 1. The first-order valence-electron chi connectivity index (χ1n) is 4.41. The van der Waals surface area contributed by atoms with Crippen LogP contribution in [0.1, 0.15) is 15.9 Å². The van der Waals surface area contributed by atoms with Gasteiger partial charge in [0.15, 0.2) is 0 Å². The summed E-state index contributed by atoms with van der Waals surface area (Å²) >= 11 is 5.79. The van der Waals surface area contributed by atoms with Gasteiger partial charge >= 0.3 is 0 Å². The van der Waals surface area contributed by atoms with E-state index < -0.39 is 0 Å². The highest BCUT2D eigenvalue weighted by molar-refractivity contribution is 6.31. The second-order valence-corrected chi connectivity index (χ2v) is 3.69. The molecule has 0 spiro atoms. The standard InChI is InChI=1S/C10H10ClNO2/c11-8-2-1-7-6-12(3-4-13)10(14)9(7)5-8/h1-2,5,13H,3-4,6H2. The summed E-state index contributed by atoms with van der Waals surface area (Å²) in [4.78, 5) is 13.3. The lowest BCUT2D eigenvalue weighted by atomic mass is 10.1. The molecule has 0 aliphatic carbocycles. The fourth-order valence-corrected chi connectivity index (χ4v) is 1.81. The molecule has 0 saturated heterocycles. The van der Waals surface area contributed by atoms with Crippen LogP contribution in [0.25, 0.3) is 0 Å². The predicted molar refractivity (Wildman–Crippen MR) is 53.3 cm³/mol.